The van der Waals surface area contributed by atoms with E-state index >= 15 is 0 Å². The quantitative estimate of drug-likeness (QED) is 0.738. The molecule has 2 N–H and O–H groups in total. The second-order valence-corrected chi connectivity index (χ2v) is 6.10. The van der Waals surface area contributed by atoms with Crippen molar-refractivity contribution in [2.24, 2.45) is 0 Å². The molecular weight excluding hydrogens is 350 g/mol. The molecule has 0 atom stereocenters. The molecule has 8 nitrogen and oxygen atoms in total. The van der Waals surface area contributed by atoms with E-state index in [1.807, 2.05) is 36.4 Å². The van der Waals surface area contributed by atoms with Crippen LogP contribution in [0.2, 0.25) is 0 Å². The molecule has 0 unspecified atom stereocenters. The topological polar surface area (TPSA) is 94.7 Å². The number of nitrogens with one attached hydrogen (secondary N) is 2. The van der Waals surface area contributed by atoms with Crippen LogP contribution in [-0.4, -0.2) is 29.7 Å². The molecule has 0 saturated carbocycles. The van der Waals surface area contributed by atoms with Gasteiger partial charge in [-0.15, -0.1) is 0 Å². The van der Waals surface area contributed by atoms with E-state index in [9.17, 15) is 4.79 Å². The smallest absolute Gasteiger partial charge is 0.255 e. The largest absolute Gasteiger partial charge is 0.454 e. The van der Waals surface area contributed by atoms with Gasteiger partial charge in [0.05, 0.1) is 17.5 Å². The number of hydrogen-bond acceptors (Lipinski definition) is 6. The van der Waals surface area contributed by atoms with E-state index in [4.69, 9.17) is 18.9 Å². The first-order valence-corrected chi connectivity index (χ1v) is 8.38. The lowest BCUT2D eigenvalue weighted by atomic mass is 10.1. The van der Waals surface area contributed by atoms with Crippen molar-refractivity contribution in [3.8, 4) is 34.3 Å². The Balaban J connectivity index is 1.33. The summed E-state index contributed by atoms with van der Waals surface area (Å²) >= 11 is 0. The minimum atomic E-state index is -0.228. The lowest BCUT2D eigenvalue weighted by molar-refractivity contribution is 0.0951. The molecule has 0 aliphatic carbocycles. The average Bonchev–Trinajstić information content (AvgIpc) is 3.44. The molecule has 5 rings (SSSR count). The molecule has 0 saturated heterocycles. The Morgan fingerprint density at radius 2 is 1.67 bits per heavy atom. The highest BCUT2D eigenvalue weighted by atomic mass is 16.7. The second-order valence-electron chi connectivity index (χ2n) is 6.10. The number of aromatic nitrogens is 2. The molecule has 0 radical (unpaired) electrons. The van der Waals surface area contributed by atoms with E-state index in [1.165, 1.54) is 6.20 Å². The number of H-pyrrole nitrogens is 1. The van der Waals surface area contributed by atoms with Crippen molar-refractivity contribution in [2.75, 3.05) is 13.6 Å². The minimum absolute atomic E-state index is 0.199. The van der Waals surface area contributed by atoms with Crippen LogP contribution in [0.25, 0.3) is 11.3 Å². The Labute approximate surface area is 154 Å². The average molecular weight is 365 g/mol. The monoisotopic (exact) mass is 365 g/mol. The van der Waals surface area contributed by atoms with E-state index in [2.05, 4.69) is 15.5 Å². The van der Waals surface area contributed by atoms with Crippen LogP contribution in [0, 0.1) is 0 Å². The molecule has 3 aromatic rings. The molecule has 1 aromatic heterocycles. The van der Waals surface area contributed by atoms with Crippen molar-refractivity contribution in [2.45, 2.75) is 6.54 Å². The first-order chi connectivity index (χ1) is 13.3. The van der Waals surface area contributed by atoms with Crippen LogP contribution in [-0.2, 0) is 6.54 Å². The van der Waals surface area contributed by atoms with Gasteiger partial charge in [0.1, 0.15) is 0 Å². The Hall–Kier alpha value is -3.68. The molecule has 136 valence electrons. The molecular formula is C19H15N3O5. The van der Waals surface area contributed by atoms with Crippen molar-refractivity contribution in [1.82, 2.24) is 15.5 Å². The Bertz CT molecular complexity index is 1030. The molecule has 1 amide bonds. The van der Waals surface area contributed by atoms with Gasteiger partial charge in [-0.3, -0.25) is 9.89 Å². The SMILES string of the molecule is O=C(NCc1ccc2c(c1)OCO2)c1cn[nH]c1-c1ccc2c(c1)OCO2. The molecule has 0 fully saturated rings. The second kappa shape index (κ2) is 6.24. The highest BCUT2D eigenvalue weighted by molar-refractivity contribution is 5.99. The van der Waals surface area contributed by atoms with Gasteiger partial charge in [0.2, 0.25) is 13.6 Å². The summed E-state index contributed by atoms with van der Waals surface area (Å²) in [6, 6.07) is 11.1. The normalized spacial score (nSPS) is 13.6. The molecule has 27 heavy (non-hydrogen) atoms. The molecule has 8 heteroatoms. The number of carbonyl (C=O) groups excluding carboxylic acids is 1. The summed E-state index contributed by atoms with van der Waals surface area (Å²) in [7, 11) is 0. The van der Waals surface area contributed by atoms with Gasteiger partial charge >= 0.3 is 0 Å². The third-order valence-electron chi connectivity index (χ3n) is 4.44. The first-order valence-electron chi connectivity index (χ1n) is 8.38. The fraction of sp³-hybridized carbons (Fsp3) is 0.158. The van der Waals surface area contributed by atoms with E-state index in [0.717, 1.165) is 11.1 Å². The summed E-state index contributed by atoms with van der Waals surface area (Å²) in [4.78, 5) is 12.7. The van der Waals surface area contributed by atoms with Gasteiger partial charge < -0.3 is 24.3 Å². The number of amides is 1. The highest BCUT2D eigenvalue weighted by Gasteiger charge is 2.19. The summed E-state index contributed by atoms with van der Waals surface area (Å²) < 4.78 is 21.4. The molecule has 2 aliphatic heterocycles. The number of aromatic amines is 1. The van der Waals surface area contributed by atoms with Crippen molar-refractivity contribution < 1.29 is 23.7 Å². The summed E-state index contributed by atoms with van der Waals surface area (Å²) in [5.74, 6) is 2.51. The number of fused-ring (bicyclic) bond motifs is 2. The van der Waals surface area contributed by atoms with E-state index < -0.39 is 0 Å². The third kappa shape index (κ3) is 2.80. The van der Waals surface area contributed by atoms with Crippen molar-refractivity contribution in [1.29, 1.82) is 0 Å². The van der Waals surface area contributed by atoms with Crippen LogP contribution >= 0.6 is 0 Å². The number of nitrogens with zero attached hydrogens (tertiary/aromatic N) is 1. The number of ether oxygens (including phenoxy) is 4. The van der Waals surface area contributed by atoms with Gasteiger partial charge in [-0.2, -0.15) is 5.10 Å². The summed E-state index contributed by atoms with van der Waals surface area (Å²) in [6.07, 6.45) is 1.51. The van der Waals surface area contributed by atoms with Crippen molar-refractivity contribution in [3.05, 3.63) is 53.7 Å². The van der Waals surface area contributed by atoms with Crippen molar-refractivity contribution >= 4 is 5.91 Å². The lowest BCUT2D eigenvalue weighted by Gasteiger charge is -2.07. The predicted octanol–water partition coefficient (Wildman–Crippen LogP) is 2.46. The number of carbonyl (C=O) groups is 1. The fourth-order valence-electron chi connectivity index (χ4n) is 3.06. The maximum Gasteiger partial charge on any atom is 0.255 e. The van der Waals surface area contributed by atoms with Gasteiger partial charge in [-0.05, 0) is 35.9 Å². The zero-order valence-corrected chi connectivity index (χ0v) is 14.2. The Morgan fingerprint density at radius 1 is 0.963 bits per heavy atom. The van der Waals surface area contributed by atoms with Gasteiger partial charge in [0, 0.05) is 12.1 Å². The van der Waals surface area contributed by atoms with E-state index in [-0.39, 0.29) is 19.5 Å². The lowest BCUT2D eigenvalue weighted by Crippen LogP contribution is -2.22. The molecule has 3 heterocycles. The fourth-order valence-corrected chi connectivity index (χ4v) is 3.06. The van der Waals surface area contributed by atoms with Crippen LogP contribution in [0.1, 0.15) is 15.9 Å². The number of benzene rings is 2. The Morgan fingerprint density at radius 3 is 2.48 bits per heavy atom. The number of rotatable bonds is 4. The summed E-state index contributed by atoms with van der Waals surface area (Å²) in [6.45, 7) is 0.783. The Kier molecular flexibility index (Phi) is 3.60. The summed E-state index contributed by atoms with van der Waals surface area (Å²) in [5.41, 5.74) is 2.79. The minimum Gasteiger partial charge on any atom is -0.454 e. The molecule has 0 spiro atoms. The first kappa shape index (κ1) is 15.6. The van der Waals surface area contributed by atoms with Crippen LogP contribution in [0.4, 0.5) is 0 Å². The molecule has 2 aliphatic rings. The summed E-state index contributed by atoms with van der Waals surface area (Å²) in [5, 5.41) is 9.81. The number of hydrogen-bond donors (Lipinski definition) is 2. The zero-order chi connectivity index (χ0) is 18.2. The van der Waals surface area contributed by atoms with Crippen molar-refractivity contribution in [3.63, 3.8) is 0 Å². The van der Waals surface area contributed by atoms with Crippen LogP contribution in [0.5, 0.6) is 23.0 Å². The van der Waals surface area contributed by atoms with Crippen LogP contribution < -0.4 is 24.3 Å². The van der Waals surface area contributed by atoms with Crippen LogP contribution in [0.15, 0.2) is 42.6 Å². The third-order valence-corrected chi connectivity index (χ3v) is 4.44. The standard InChI is InChI=1S/C19H15N3O5/c23-19(20-7-11-1-3-14-16(5-11)26-9-24-14)13-8-21-22-18(13)12-2-4-15-17(6-12)27-10-25-15/h1-6,8H,7,9-10H2,(H,20,23)(H,21,22). The maximum atomic E-state index is 12.7. The zero-order valence-electron chi connectivity index (χ0n) is 14.2. The van der Waals surface area contributed by atoms with E-state index in [0.29, 0.717) is 40.8 Å². The molecule has 0 bridgehead atoms. The van der Waals surface area contributed by atoms with Gasteiger partial charge in [-0.25, -0.2) is 0 Å². The maximum absolute atomic E-state index is 12.7. The predicted molar refractivity (Wildman–Crippen MR) is 93.9 cm³/mol. The molecule has 2 aromatic carbocycles. The highest BCUT2D eigenvalue weighted by Crippen LogP contribution is 2.36. The van der Waals surface area contributed by atoms with Gasteiger partial charge in [0.15, 0.2) is 23.0 Å². The van der Waals surface area contributed by atoms with Crippen LogP contribution in [0.3, 0.4) is 0 Å². The van der Waals surface area contributed by atoms with E-state index in [1.54, 1.807) is 0 Å². The van der Waals surface area contributed by atoms with Gasteiger partial charge in [0.25, 0.3) is 5.91 Å². The van der Waals surface area contributed by atoms with Gasteiger partial charge in [-0.1, -0.05) is 6.07 Å².